The lowest BCUT2D eigenvalue weighted by atomic mass is 10.3. The number of aromatic nitrogens is 3. The molecule has 1 N–H and O–H groups in total. The molecule has 0 amide bonds. The number of carbonyl (C=O) groups is 1. The maximum absolute atomic E-state index is 13.8. The summed E-state index contributed by atoms with van der Waals surface area (Å²) >= 11 is 5.75. The molecule has 0 aliphatic carbocycles. The van der Waals surface area contributed by atoms with Crippen molar-refractivity contribution < 1.29 is 14.5 Å². The molecule has 0 saturated carbocycles. The first-order valence-electron chi connectivity index (χ1n) is 11.5. The molecule has 5 aromatic rings. The Labute approximate surface area is 220 Å². The van der Waals surface area contributed by atoms with Gasteiger partial charge in [-0.05, 0) is 32.0 Å². The Balaban J connectivity index is 0.000000176. The highest BCUT2D eigenvalue weighted by atomic mass is 35.5. The monoisotopic (exact) mass is 529 g/mol. The molecule has 0 saturated heterocycles. The van der Waals surface area contributed by atoms with Crippen molar-refractivity contribution in [2.24, 2.45) is 0 Å². The average molecular weight is 530 g/mol. The average Bonchev–Trinajstić information content (AvgIpc) is 3.27. The van der Waals surface area contributed by atoms with Crippen molar-refractivity contribution in [3.8, 4) is 5.82 Å². The third kappa shape index (κ3) is 5.72. The van der Waals surface area contributed by atoms with Crippen LogP contribution < -0.4 is 15.9 Å². The topological polar surface area (TPSA) is 85.1 Å². The Morgan fingerprint density at radius 2 is 1.24 bits per heavy atom. The second kappa shape index (κ2) is 11.4. The van der Waals surface area contributed by atoms with Crippen molar-refractivity contribution in [3.05, 3.63) is 131 Å². The zero-order chi connectivity index (χ0) is 26.4. The Bertz CT molecular complexity index is 1450. The van der Waals surface area contributed by atoms with Gasteiger partial charge in [0.15, 0.2) is 18.7 Å². The third-order valence-electron chi connectivity index (χ3n) is 5.62. The molecule has 0 radical (unpaired) electrons. The largest absolute Gasteiger partial charge is 0.476 e. The van der Waals surface area contributed by atoms with Crippen LogP contribution in [0.15, 0.2) is 109 Å². The van der Waals surface area contributed by atoms with Crippen LogP contribution >= 0.6 is 18.7 Å². The van der Waals surface area contributed by atoms with Gasteiger partial charge in [0.25, 0.3) is 0 Å². The van der Waals surface area contributed by atoms with Crippen LogP contribution in [0.25, 0.3) is 5.82 Å². The van der Waals surface area contributed by atoms with E-state index in [9.17, 15) is 9.36 Å². The number of halogens is 1. The van der Waals surface area contributed by atoms with E-state index in [0.717, 1.165) is 27.3 Å². The second-order valence-electron chi connectivity index (χ2n) is 8.26. The van der Waals surface area contributed by atoms with Crippen molar-refractivity contribution in [3.63, 3.8) is 0 Å². The fourth-order valence-corrected chi connectivity index (χ4v) is 6.78. The Kier molecular flexibility index (Phi) is 8.02. The minimum absolute atomic E-state index is 0.114. The predicted octanol–water partition coefficient (Wildman–Crippen LogP) is 5.56. The standard InChI is InChI=1S/C18H15OP.C11H10ClN3O2/c19-20(16-10-4-1-5-11-16,17-12-6-2-7-13-17)18-14-8-3-9-15-18;1-6-5-7(2)15(14-6)9-4-3-8(12)10(13-9)11(16)17/h1-15H;3-5H,1-2H3,(H,16,17). The predicted molar refractivity (Wildman–Crippen MR) is 149 cm³/mol. The van der Waals surface area contributed by atoms with E-state index in [0.29, 0.717) is 5.82 Å². The van der Waals surface area contributed by atoms with Gasteiger partial charge in [0.1, 0.15) is 0 Å². The lowest BCUT2D eigenvalue weighted by Crippen LogP contribution is -2.24. The highest BCUT2D eigenvalue weighted by molar-refractivity contribution is 7.85. The maximum Gasteiger partial charge on any atom is 0.356 e. The summed E-state index contributed by atoms with van der Waals surface area (Å²) in [6.45, 7) is 3.73. The summed E-state index contributed by atoms with van der Waals surface area (Å²) in [6.07, 6.45) is 0. The molecule has 0 bridgehead atoms. The van der Waals surface area contributed by atoms with Crippen molar-refractivity contribution >= 4 is 40.6 Å². The van der Waals surface area contributed by atoms with Crippen molar-refractivity contribution in [1.82, 2.24) is 14.8 Å². The summed E-state index contributed by atoms with van der Waals surface area (Å²) in [6, 6.07) is 34.2. The van der Waals surface area contributed by atoms with Crippen molar-refractivity contribution in [2.75, 3.05) is 0 Å². The zero-order valence-electron chi connectivity index (χ0n) is 20.3. The van der Waals surface area contributed by atoms with Crippen molar-refractivity contribution in [2.45, 2.75) is 13.8 Å². The van der Waals surface area contributed by atoms with E-state index < -0.39 is 13.1 Å². The fourth-order valence-electron chi connectivity index (χ4n) is 3.92. The molecule has 186 valence electrons. The number of pyridine rings is 1. The molecule has 6 nitrogen and oxygen atoms in total. The summed E-state index contributed by atoms with van der Waals surface area (Å²) in [7, 11) is -2.78. The van der Waals surface area contributed by atoms with Gasteiger partial charge in [-0.15, -0.1) is 0 Å². The summed E-state index contributed by atoms with van der Waals surface area (Å²) in [5.41, 5.74) is 1.56. The first-order valence-corrected chi connectivity index (χ1v) is 13.6. The van der Waals surface area contributed by atoms with E-state index in [4.69, 9.17) is 16.7 Å². The molecular formula is C29H25ClN3O3P. The number of rotatable bonds is 5. The quantitative estimate of drug-likeness (QED) is 0.301. The summed E-state index contributed by atoms with van der Waals surface area (Å²) in [5, 5.41) is 15.9. The number of aryl methyl sites for hydroxylation is 2. The molecule has 2 aromatic heterocycles. The van der Waals surface area contributed by atoms with Gasteiger partial charge in [0.2, 0.25) is 0 Å². The summed E-state index contributed by atoms with van der Waals surface area (Å²) in [4.78, 5) is 14.9. The Hall–Kier alpha value is -3.99. The van der Waals surface area contributed by atoms with Gasteiger partial charge < -0.3 is 9.67 Å². The van der Waals surface area contributed by atoms with Gasteiger partial charge >= 0.3 is 5.97 Å². The van der Waals surface area contributed by atoms with E-state index in [1.54, 1.807) is 10.7 Å². The molecule has 0 aliphatic heterocycles. The lowest BCUT2D eigenvalue weighted by Gasteiger charge is -2.19. The van der Waals surface area contributed by atoms with Crippen LogP contribution in [0.3, 0.4) is 0 Å². The molecular weight excluding hydrogens is 505 g/mol. The molecule has 8 heteroatoms. The minimum Gasteiger partial charge on any atom is -0.476 e. The van der Waals surface area contributed by atoms with Gasteiger partial charge in [-0.3, -0.25) is 0 Å². The normalized spacial score (nSPS) is 10.9. The molecule has 0 aliphatic rings. The maximum atomic E-state index is 13.8. The van der Waals surface area contributed by atoms with Gasteiger partial charge in [-0.2, -0.15) is 5.10 Å². The molecule has 0 unspecified atom stereocenters. The van der Waals surface area contributed by atoms with E-state index in [1.807, 2.05) is 111 Å². The first kappa shape index (κ1) is 26.1. The van der Waals surface area contributed by atoms with E-state index in [-0.39, 0.29) is 10.7 Å². The second-order valence-corrected chi connectivity index (χ2v) is 11.4. The minimum atomic E-state index is -2.78. The van der Waals surface area contributed by atoms with Gasteiger partial charge in [-0.1, -0.05) is 103 Å². The van der Waals surface area contributed by atoms with Crippen LogP contribution in [-0.4, -0.2) is 25.8 Å². The number of carboxylic acids is 1. The molecule has 37 heavy (non-hydrogen) atoms. The molecule has 2 heterocycles. The van der Waals surface area contributed by atoms with Crippen LogP contribution in [0.2, 0.25) is 5.02 Å². The lowest BCUT2D eigenvalue weighted by molar-refractivity contribution is 0.0690. The van der Waals surface area contributed by atoms with Crippen molar-refractivity contribution in [1.29, 1.82) is 0 Å². The van der Waals surface area contributed by atoms with Gasteiger partial charge in [0, 0.05) is 21.6 Å². The number of hydrogen-bond acceptors (Lipinski definition) is 4. The van der Waals surface area contributed by atoms with E-state index >= 15 is 0 Å². The molecule has 0 atom stereocenters. The van der Waals surface area contributed by atoms with Crippen LogP contribution in [0.4, 0.5) is 0 Å². The number of aromatic carboxylic acids is 1. The SMILES string of the molecule is Cc1cc(C)n(-c2ccc(Cl)c(C(=O)O)n2)n1.O=P(c1ccccc1)(c1ccccc1)c1ccccc1. The van der Waals surface area contributed by atoms with Crippen LogP contribution in [0.1, 0.15) is 21.9 Å². The van der Waals surface area contributed by atoms with E-state index in [2.05, 4.69) is 10.1 Å². The number of hydrogen-bond donors (Lipinski definition) is 1. The Morgan fingerprint density at radius 1 is 0.784 bits per heavy atom. The zero-order valence-corrected chi connectivity index (χ0v) is 22.0. The number of nitrogens with zero attached hydrogens (tertiary/aromatic N) is 3. The third-order valence-corrected chi connectivity index (χ3v) is 9.00. The van der Waals surface area contributed by atoms with Gasteiger partial charge in [0.05, 0.1) is 10.7 Å². The molecule has 0 spiro atoms. The van der Waals surface area contributed by atoms with Crippen LogP contribution in [0.5, 0.6) is 0 Å². The highest BCUT2D eigenvalue weighted by Crippen LogP contribution is 2.41. The Morgan fingerprint density at radius 3 is 1.62 bits per heavy atom. The molecule has 5 rings (SSSR count). The molecule has 0 fully saturated rings. The molecule has 3 aromatic carbocycles. The highest BCUT2D eigenvalue weighted by Gasteiger charge is 2.28. The fraction of sp³-hybridized carbons (Fsp3) is 0.0690. The van der Waals surface area contributed by atoms with E-state index in [1.165, 1.54) is 6.07 Å². The smallest absolute Gasteiger partial charge is 0.356 e. The number of benzene rings is 3. The summed E-state index contributed by atoms with van der Waals surface area (Å²) < 4.78 is 15.4. The van der Waals surface area contributed by atoms with Crippen LogP contribution in [0, 0.1) is 13.8 Å². The summed E-state index contributed by atoms with van der Waals surface area (Å²) in [5.74, 6) is -0.712. The number of carboxylic acid groups (broad SMARTS) is 1. The first-order chi connectivity index (χ1) is 17.8. The van der Waals surface area contributed by atoms with Gasteiger partial charge in [-0.25, -0.2) is 14.5 Å². The van der Waals surface area contributed by atoms with Crippen LogP contribution in [-0.2, 0) is 4.57 Å².